The van der Waals surface area contributed by atoms with Crippen LogP contribution in [0.2, 0.25) is 0 Å². The maximum absolute atomic E-state index is 12.3. The van der Waals surface area contributed by atoms with Gasteiger partial charge in [-0.15, -0.1) is 0 Å². The SMILES string of the molecule is COc1ccccc1OCc1cc(C(=O)N2CC[C@@H](O)C2)n[nH]1. The zero-order chi connectivity index (χ0) is 16.2. The summed E-state index contributed by atoms with van der Waals surface area (Å²) in [4.78, 5) is 13.9. The van der Waals surface area contributed by atoms with Gasteiger partial charge in [-0.3, -0.25) is 9.89 Å². The van der Waals surface area contributed by atoms with E-state index in [0.717, 1.165) is 0 Å². The number of aliphatic hydroxyl groups is 1. The smallest absolute Gasteiger partial charge is 0.274 e. The Morgan fingerprint density at radius 3 is 2.91 bits per heavy atom. The van der Waals surface area contributed by atoms with Crippen molar-refractivity contribution in [2.75, 3.05) is 20.2 Å². The molecule has 0 bridgehead atoms. The molecule has 3 rings (SSSR count). The molecule has 0 radical (unpaired) electrons. The van der Waals surface area contributed by atoms with E-state index in [1.807, 2.05) is 24.3 Å². The third-order valence-corrected chi connectivity index (χ3v) is 3.75. The minimum Gasteiger partial charge on any atom is -0.493 e. The highest BCUT2D eigenvalue weighted by Gasteiger charge is 2.26. The third-order valence-electron chi connectivity index (χ3n) is 3.75. The number of aliphatic hydroxyl groups excluding tert-OH is 1. The van der Waals surface area contributed by atoms with Crippen LogP contribution in [-0.2, 0) is 6.61 Å². The van der Waals surface area contributed by atoms with Crippen LogP contribution in [0.3, 0.4) is 0 Å². The fourth-order valence-electron chi connectivity index (χ4n) is 2.53. The third kappa shape index (κ3) is 3.45. The van der Waals surface area contributed by atoms with Crippen LogP contribution in [0.4, 0.5) is 0 Å². The van der Waals surface area contributed by atoms with Gasteiger partial charge in [0.2, 0.25) is 0 Å². The number of benzene rings is 1. The number of nitrogens with zero attached hydrogens (tertiary/aromatic N) is 2. The summed E-state index contributed by atoms with van der Waals surface area (Å²) in [5.74, 6) is 1.09. The molecule has 1 amide bonds. The van der Waals surface area contributed by atoms with Crippen molar-refractivity contribution < 1.29 is 19.4 Å². The lowest BCUT2D eigenvalue weighted by Crippen LogP contribution is -2.29. The van der Waals surface area contributed by atoms with Crippen molar-refractivity contribution in [2.45, 2.75) is 19.1 Å². The number of likely N-dealkylation sites (tertiary alicyclic amines) is 1. The van der Waals surface area contributed by atoms with Gasteiger partial charge < -0.3 is 19.5 Å². The van der Waals surface area contributed by atoms with Crippen LogP contribution in [0.15, 0.2) is 30.3 Å². The molecule has 1 aromatic heterocycles. The lowest BCUT2D eigenvalue weighted by atomic mass is 10.3. The van der Waals surface area contributed by atoms with Crippen molar-refractivity contribution in [3.05, 3.63) is 41.7 Å². The van der Waals surface area contributed by atoms with Crippen molar-refractivity contribution in [3.8, 4) is 11.5 Å². The molecule has 1 aliphatic heterocycles. The van der Waals surface area contributed by atoms with Crippen molar-refractivity contribution in [2.24, 2.45) is 0 Å². The number of carbonyl (C=O) groups excluding carboxylic acids is 1. The maximum atomic E-state index is 12.3. The Kier molecular flexibility index (Phi) is 4.47. The second kappa shape index (κ2) is 6.70. The van der Waals surface area contributed by atoms with E-state index >= 15 is 0 Å². The lowest BCUT2D eigenvalue weighted by molar-refractivity contribution is 0.0759. The van der Waals surface area contributed by atoms with E-state index in [1.165, 1.54) is 0 Å². The summed E-state index contributed by atoms with van der Waals surface area (Å²) in [5.41, 5.74) is 1.02. The number of rotatable bonds is 5. The summed E-state index contributed by atoms with van der Waals surface area (Å²) in [6, 6.07) is 9.02. The Balaban J connectivity index is 1.62. The second-order valence-electron chi connectivity index (χ2n) is 5.41. The van der Waals surface area contributed by atoms with Gasteiger partial charge in [0.1, 0.15) is 6.61 Å². The molecular weight excluding hydrogens is 298 g/mol. The molecule has 0 unspecified atom stereocenters. The number of methoxy groups -OCH3 is 1. The highest BCUT2D eigenvalue weighted by molar-refractivity contribution is 5.92. The molecule has 0 aliphatic carbocycles. The fraction of sp³-hybridized carbons (Fsp3) is 0.375. The second-order valence-corrected chi connectivity index (χ2v) is 5.41. The largest absolute Gasteiger partial charge is 0.493 e. The molecule has 1 atom stereocenters. The number of hydrogen-bond donors (Lipinski definition) is 2. The average molecular weight is 317 g/mol. The predicted molar refractivity (Wildman–Crippen MR) is 82.4 cm³/mol. The molecule has 1 fully saturated rings. The molecule has 2 N–H and O–H groups in total. The first-order valence-electron chi connectivity index (χ1n) is 7.45. The van der Waals surface area contributed by atoms with Crippen LogP contribution in [0.1, 0.15) is 22.6 Å². The average Bonchev–Trinajstić information content (AvgIpc) is 3.21. The van der Waals surface area contributed by atoms with Gasteiger partial charge in [0.25, 0.3) is 5.91 Å². The van der Waals surface area contributed by atoms with Gasteiger partial charge in [0.05, 0.1) is 18.9 Å². The van der Waals surface area contributed by atoms with E-state index in [2.05, 4.69) is 10.2 Å². The molecule has 1 aromatic carbocycles. The van der Waals surface area contributed by atoms with Gasteiger partial charge in [-0.05, 0) is 24.6 Å². The van der Waals surface area contributed by atoms with E-state index in [4.69, 9.17) is 9.47 Å². The number of aromatic nitrogens is 2. The van der Waals surface area contributed by atoms with Gasteiger partial charge >= 0.3 is 0 Å². The zero-order valence-corrected chi connectivity index (χ0v) is 12.9. The molecule has 0 spiro atoms. The number of carbonyl (C=O) groups is 1. The molecule has 122 valence electrons. The quantitative estimate of drug-likeness (QED) is 0.865. The Morgan fingerprint density at radius 2 is 2.22 bits per heavy atom. The normalized spacial score (nSPS) is 17.3. The summed E-state index contributed by atoms with van der Waals surface area (Å²) in [7, 11) is 1.58. The first-order valence-corrected chi connectivity index (χ1v) is 7.45. The van der Waals surface area contributed by atoms with Gasteiger partial charge in [0, 0.05) is 13.1 Å². The van der Waals surface area contributed by atoms with E-state index in [1.54, 1.807) is 18.1 Å². The van der Waals surface area contributed by atoms with Crippen LogP contribution in [0.5, 0.6) is 11.5 Å². The molecule has 2 aromatic rings. The fourth-order valence-corrected chi connectivity index (χ4v) is 2.53. The van der Waals surface area contributed by atoms with Crippen molar-refractivity contribution in [1.29, 1.82) is 0 Å². The zero-order valence-electron chi connectivity index (χ0n) is 12.9. The summed E-state index contributed by atoms with van der Waals surface area (Å²) in [5, 5.41) is 16.3. The first kappa shape index (κ1) is 15.4. The number of ether oxygens (including phenoxy) is 2. The van der Waals surface area contributed by atoms with Crippen LogP contribution in [0, 0.1) is 0 Å². The molecule has 0 saturated carbocycles. The van der Waals surface area contributed by atoms with Crippen LogP contribution >= 0.6 is 0 Å². The highest BCUT2D eigenvalue weighted by atomic mass is 16.5. The number of amides is 1. The Bertz CT molecular complexity index is 685. The van der Waals surface area contributed by atoms with E-state index in [0.29, 0.717) is 42.4 Å². The minimum absolute atomic E-state index is 0.179. The van der Waals surface area contributed by atoms with Gasteiger partial charge in [-0.25, -0.2) is 0 Å². The Morgan fingerprint density at radius 1 is 1.43 bits per heavy atom. The van der Waals surface area contributed by atoms with E-state index < -0.39 is 6.10 Å². The van der Waals surface area contributed by atoms with Crippen molar-refractivity contribution >= 4 is 5.91 Å². The van der Waals surface area contributed by atoms with E-state index in [-0.39, 0.29) is 12.5 Å². The van der Waals surface area contributed by atoms with Crippen molar-refractivity contribution in [3.63, 3.8) is 0 Å². The van der Waals surface area contributed by atoms with Crippen LogP contribution in [-0.4, -0.2) is 52.4 Å². The minimum atomic E-state index is -0.439. The standard InChI is InChI=1S/C16H19N3O4/c1-22-14-4-2-3-5-15(14)23-10-11-8-13(18-17-11)16(21)19-7-6-12(20)9-19/h2-5,8,12,20H,6-7,9-10H2,1H3,(H,17,18)/t12-/m1/s1. The summed E-state index contributed by atoms with van der Waals surface area (Å²) in [6.45, 7) is 1.17. The highest BCUT2D eigenvalue weighted by Crippen LogP contribution is 2.26. The molecule has 7 heteroatoms. The number of aromatic amines is 1. The van der Waals surface area contributed by atoms with Crippen LogP contribution < -0.4 is 9.47 Å². The van der Waals surface area contributed by atoms with Gasteiger partial charge in [0.15, 0.2) is 17.2 Å². The molecule has 2 heterocycles. The monoisotopic (exact) mass is 317 g/mol. The molecule has 1 saturated heterocycles. The van der Waals surface area contributed by atoms with Gasteiger partial charge in [-0.1, -0.05) is 12.1 Å². The number of nitrogens with one attached hydrogen (secondary N) is 1. The number of hydrogen-bond acceptors (Lipinski definition) is 5. The predicted octanol–water partition coefficient (Wildman–Crippen LogP) is 1.20. The Hall–Kier alpha value is -2.54. The lowest BCUT2D eigenvalue weighted by Gasteiger charge is -2.13. The summed E-state index contributed by atoms with van der Waals surface area (Å²) >= 11 is 0. The van der Waals surface area contributed by atoms with Crippen LogP contribution in [0.25, 0.3) is 0 Å². The molecule has 23 heavy (non-hydrogen) atoms. The molecule has 7 nitrogen and oxygen atoms in total. The Labute approximate surface area is 133 Å². The summed E-state index contributed by atoms with van der Waals surface area (Å²) < 4.78 is 10.9. The number of H-pyrrole nitrogens is 1. The topological polar surface area (TPSA) is 87.7 Å². The molecule has 1 aliphatic rings. The molecular formula is C16H19N3O4. The van der Waals surface area contributed by atoms with Crippen molar-refractivity contribution in [1.82, 2.24) is 15.1 Å². The number of para-hydroxylation sites is 2. The number of β-amino-alcohol motifs (C(OH)–C–C–N with tert-alkyl or cyclic N) is 1. The van der Waals surface area contributed by atoms with E-state index in [9.17, 15) is 9.90 Å². The first-order chi connectivity index (χ1) is 11.2. The maximum Gasteiger partial charge on any atom is 0.274 e. The van der Waals surface area contributed by atoms with Gasteiger partial charge in [-0.2, -0.15) is 5.10 Å². The summed E-state index contributed by atoms with van der Waals surface area (Å²) in [6.07, 6.45) is 0.172.